The van der Waals surface area contributed by atoms with E-state index in [1.807, 2.05) is 20.8 Å². The summed E-state index contributed by atoms with van der Waals surface area (Å²) in [7, 11) is 0. The average Bonchev–Trinajstić information content (AvgIpc) is 2.62. The molecule has 1 amide bonds. The third-order valence-electron chi connectivity index (χ3n) is 3.75. The Hall–Kier alpha value is -1.72. The third kappa shape index (κ3) is 3.05. The highest BCUT2D eigenvalue weighted by molar-refractivity contribution is 5.72. The second kappa shape index (κ2) is 5.18. The lowest BCUT2D eigenvalue weighted by Crippen LogP contribution is -2.46. The number of carbonyl (C=O) groups is 1. The lowest BCUT2D eigenvalue weighted by atomic mass is 9.96. The van der Waals surface area contributed by atoms with Crippen LogP contribution in [0, 0.1) is 6.92 Å². The number of rotatable bonds is 1. The van der Waals surface area contributed by atoms with E-state index in [9.17, 15) is 18.0 Å². The number of ether oxygens (including phenoxy) is 1. The van der Waals surface area contributed by atoms with Crippen molar-refractivity contribution < 1.29 is 22.7 Å². The van der Waals surface area contributed by atoms with E-state index in [1.165, 1.54) is 0 Å². The van der Waals surface area contributed by atoms with Gasteiger partial charge >= 0.3 is 12.3 Å². The smallest absolute Gasteiger partial charge is 0.416 e. The summed E-state index contributed by atoms with van der Waals surface area (Å²) >= 11 is 0. The highest BCUT2D eigenvalue weighted by Gasteiger charge is 2.45. The Kier molecular flexibility index (Phi) is 3.92. The van der Waals surface area contributed by atoms with Crippen molar-refractivity contribution in [2.75, 3.05) is 0 Å². The van der Waals surface area contributed by atoms with Gasteiger partial charge in [0.25, 0.3) is 0 Å². The Labute approximate surface area is 128 Å². The van der Waals surface area contributed by atoms with E-state index in [4.69, 9.17) is 4.74 Å². The Morgan fingerprint density at radius 1 is 1.14 bits per heavy atom. The van der Waals surface area contributed by atoms with Crippen molar-refractivity contribution >= 4 is 6.09 Å². The molecule has 3 nitrogen and oxygen atoms in total. The fraction of sp³-hybridized carbons (Fsp3) is 0.562. The second-order valence-corrected chi connectivity index (χ2v) is 6.72. The molecule has 0 radical (unpaired) electrons. The van der Waals surface area contributed by atoms with Gasteiger partial charge in [0, 0.05) is 5.54 Å². The van der Waals surface area contributed by atoms with Crippen LogP contribution in [0.3, 0.4) is 0 Å². The normalized spacial score (nSPS) is 22.9. The molecule has 1 aliphatic heterocycles. The van der Waals surface area contributed by atoms with Crippen LogP contribution in [0.2, 0.25) is 0 Å². The van der Waals surface area contributed by atoms with Crippen molar-refractivity contribution in [1.29, 1.82) is 0 Å². The predicted molar refractivity (Wildman–Crippen MR) is 76.5 cm³/mol. The second-order valence-electron chi connectivity index (χ2n) is 6.72. The molecule has 0 spiro atoms. The van der Waals surface area contributed by atoms with Crippen molar-refractivity contribution in [2.24, 2.45) is 0 Å². The minimum atomic E-state index is -4.42. The van der Waals surface area contributed by atoms with Gasteiger partial charge in [-0.2, -0.15) is 13.2 Å². The SMILES string of the molecule is Cc1cc([C@@H]2OC(=O)N(C(C)(C)C)[C@H]2C)cc(C(F)(F)F)c1. The number of benzene rings is 1. The zero-order valence-electron chi connectivity index (χ0n) is 13.3. The summed E-state index contributed by atoms with van der Waals surface area (Å²) in [6.45, 7) is 8.98. The first-order chi connectivity index (χ1) is 9.91. The quantitative estimate of drug-likeness (QED) is 0.752. The Morgan fingerprint density at radius 2 is 1.73 bits per heavy atom. The molecule has 0 N–H and O–H groups in total. The lowest BCUT2D eigenvalue weighted by Gasteiger charge is -2.33. The molecule has 122 valence electrons. The van der Waals surface area contributed by atoms with Gasteiger partial charge in [0.15, 0.2) is 0 Å². The molecule has 0 aromatic heterocycles. The van der Waals surface area contributed by atoms with Crippen molar-refractivity contribution in [3.63, 3.8) is 0 Å². The molecule has 0 aliphatic carbocycles. The highest BCUT2D eigenvalue weighted by Crippen LogP contribution is 2.39. The van der Waals surface area contributed by atoms with E-state index in [1.54, 1.807) is 24.8 Å². The number of hydrogen-bond donors (Lipinski definition) is 0. The maximum Gasteiger partial charge on any atom is 0.416 e. The summed E-state index contributed by atoms with van der Waals surface area (Å²) in [6.07, 6.45) is -5.62. The maximum absolute atomic E-state index is 13.0. The van der Waals surface area contributed by atoms with Crippen LogP contribution >= 0.6 is 0 Å². The Bertz CT molecular complexity index is 590. The molecule has 0 unspecified atom stereocenters. The van der Waals surface area contributed by atoms with E-state index in [0.717, 1.165) is 12.1 Å². The Balaban J connectivity index is 2.41. The first-order valence-electron chi connectivity index (χ1n) is 7.10. The maximum atomic E-state index is 13.0. The summed E-state index contributed by atoms with van der Waals surface area (Å²) in [5.74, 6) is 0. The first kappa shape index (κ1) is 16.6. The molecule has 1 saturated heterocycles. The fourth-order valence-corrected chi connectivity index (χ4v) is 2.94. The van der Waals surface area contributed by atoms with E-state index in [0.29, 0.717) is 11.1 Å². The molecule has 2 atom stereocenters. The molecular formula is C16H20F3NO2. The van der Waals surface area contributed by atoms with Crippen LogP contribution in [-0.2, 0) is 10.9 Å². The lowest BCUT2D eigenvalue weighted by molar-refractivity contribution is -0.137. The fourth-order valence-electron chi connectivity index (χ4n) is 2.94. The van der Waals surface area contributed by atoms with Crippen LogP contribution in [0.15, 0.2) is 18.2 Å². The number of alkyl halides is 3. The molecular weight excluding hydrogens is 295 g/mol. The largest absolute Gasteiger partial charge is 0.439 e. The van der Waals surface area contributed by atoms with Gasteiger partial charge in [-0.3, -0.25) is 4.90 Å². The zero-order valence-corrected chi connectivity index (χ0v) is 13.3. The van der Waals surface area contributed by atoms with Crippen molar-refractivity contribution in [1.82, 2.24) is 4.90 Å². The summed E-state index contributed by atoms with van der Waals surface area (Å²) in [5.41, 5.74) is -0.316. The first-order valence-corrected chi connectivity index (χ1v) is 7.10. The monoisotopic (exact) mass is 315 g/mol. The number of carbonyl (C=O) groups excluding carboxylic acids is 1. The van der Waals surface area contributed by atoms with Gasteiger partial charge in [0.2, 0.25) is 0 Å². The van der Waals surface area contributed by atoms with Gasteiger partial charge in [0.05, 0.1) is 11.6 Å². The number of nitrogens with zero attached hydrogens (tertiary/aromatic N) is 1. The summed E-state index contributed by atoms with van der Waals surface area (Å²) in [5, 5.41) is 0. The van der Waals surface area contributed by atoms with E-state index in [-0.39, 0.29) is 6.04 Å². The summed E-state index contributed by atoms with van der Waals surface area (Å²) in [4.78, 5) is 13.6. The zero-order chi connectivity index (χ0) is 16.9. The molecule has 1 aromatic rings. The molecule has 1 aromatic carbocycles. The summed E-state index contributed by atoms with van der Waals surface area (Å²) in [6, 6.07) is 3.45. The third-order valence-corrected chi connectivity index (χ3v) is 3.75. The standard InChI is InChI=1S/C16H20F3NO2/c1-9-6-11(8-12(7-9)16(17,18)19)13-10(2)20(14(21)22-13)15(3,4)5/h6-8,10,13H,1-5H3/t10-,13+/m0/s1. The molecule has 0 saturated carbocycles. The number of cyclic esters (lactones) is 1. The van der Waals surface area contributed by atoms with Gasteiger partial charge in [-0.15, -0.1) is 0 Å². The van der Waals surface area contributed by atoms with Crippen molar-refractivity contribution in [2.45, 2.75) is 58.5 Å². The van der Waals surface area contributed by atoms with Crippen molar-refractivity contribution in [3.05, 3.63) is 34.9 Å². The van der Waals surface area contributed by atoms with Crippen LogP contribution in [0.25, 0.3) is 0 Å². The van der Waals surface area contributed by atoms with Crippen LogP contribution < -0.4 is 0 Å². The van der Waals surface area contributed by atoms with Gasteiger partial charge in [-0.05, 0) is 52.3 Å². The molecule has 1 fully saturated rings. The molecule has 2 rings (SSSR count). The minimum absolute atomic E-state index is 0.338. The van der Waals surface area contributed by atoms with Crippen LogP contribution in [0.4, 0.5) is 18.0 Å². The van der Waals surface area contributed by atoms with E-state index >= 15 is 0 Å². The van der Waals surface area contributed by atoms with Crippen LogP contribution in [0.5, 0.6) is 0 Å². The number of halogens is 3. The molecule has 1 heterocycles. The van der Waals surface area contributed by atoms with Gasteiger partial charge < -0.3 is 4.74 Å². The van der Waals surface area contributed by atoms with Gasteiger partial charge in [-0.1, -0.05) is 11.6 Å². The molecule has 0 bridgehead atoms. The van der Waals surface area contributed by atoms with Crippen LogP contribution in [-0.4, -0.2) is 22.6 Å². The number of hydrogen-bond acceptors (Lipinski definition) is 2. The van der Waals surface area contributed by atoms with Crippen molar-refractivity contribution in [3.8, 4) is 0 Å². The van der Waals surface area contributed by atoms with Gasteiger partial charge in [0.1, 0.15) is 6.10 Å². The molecule has 1 aliphatic rings. The summed E-state index contributed by atoms with van der Waals surface area (Å²) < 4.78 is 44.2. The molecule has 6 heteroatoms. The number of amides is 1. The number of aryl methyl sites for hydroxylation is 1. The predicted octanol–water partition coefficient (Wildman–Crippen LogP) is 4.69. The van der Waals surface area contributed by atoms with E-state index in [2.05, 4.69) is 0 Å². The molecule has 22 heavy (non-hydrogen) atoms. The highest BCUT2D eigenvalue weighted by atomic mass is 19.4. The Morgan fingerprint density at radius 3 is 2.18 bits per heavy atom. The minimum Gasteiger partial charge on any atom is -0.439 e. The van der Waals surface area contributed by atoms with E-state index < -0.39 is 29.5 Å². The topological polar surface area (TPSA) is 29.5 Å². The van der Waals surface area contributed by atoms with Crippen LogP contribution in [0.1, 0.15) is 50.5 Å². The van der Waals surface area contributed by atoms with Gasteiger partial charge in [-0.25, -0.2) is 4.79 Å². The average molecular weight is 315 g/mol.